The molecule has 0 aromatic heterocycles. The van der Waals surface area contributed by atoms with E-state index in [4.69, 9.17) is 4.74 Å². The van der Waals surface area contributed by atoms with Gasteiger partial charge in [-0.15, -0.1) is 0 Å². The van der Waals surface area contributed by atoms with Crippen LogP contribution < -0.4 is 15.4 Å². The average molecular weight is 268 g/mol. The van der Waals surface area contributed by atoms with E-state index in [0.717, 1.165) is 18.5 Å². The zero-order valence-corrected chi connectivity index (χ0v) is 11.5. The molecule has 0 aliphatic heterocycles. The maximum atomic E-state index is 13.7. The van der Waals surface area contributed by atoms with Gasteiger partial charge in [0.15, 0.2) is 11.6 Å². The predicted molar refractivity (Wildman–Crippen MR) is 72.6 cm³/mol. The van der Waals surface area contributed by atoms with Crippen molar-refractivity contribution in [2.75, 3.05) is 20.2 Å². The number of benzene rings is 1. The molecule has 5 heteroatoms. The van der Waals surface area contributed by atoms with Crippen LogP contribution in [-0.2, 0) is 11.3 Å². The summed E-state index contributed by atoms with van der Waals surface area (Å²) in [5.41, 5.74) is 0.769. The van der Waals surface area contributed by atoms with Crippen LogP contribution in [0.25, 0.3) is 0 Å². The molecule has 1 amide bonds. The number of carbonyl (C=O) groups is 1. The number of amides is 1. The quantitative estimate of drug-likeness (QED) is 0.707. The summed E-state index contributed by atoms with van der Waals surface area (Å²) >= 11 is 0. The highest BCUT2D eigenvalue weighted by atomic mass is 19.1. The minimum atomic E-state index is -0.396. The summed E-state index contributed by atoms with van der Waals surface area (Å²) in [6.07, 6.45) is 1.23. The summed E-state index contributed by atoms with van der Waals surface area (Å²) < 4.78 is 19.1. The number of hydrogen-bond acceptors (Lipinski definition) is 3. The van der Waals surface area contributed by atoms with Crippen LogP contribution in [0.4, 0.5) is 4.39 Å². The van der Waals surface area contributed by atoms with E-state index in [1.807, 2.05) is 6.07 Å². The van der Waals surface area contributed by atoms with Gasteiger partial charge in [0, 0.05) is 19.2 Å². The molecule has 0 heterocycles. The van der Waals surface area contributed by atoms with E-state index in [2.05, 4.69) is 17.6 Å². The molecule has 0 unspecified atom stereocenters. The normalized spacial score (nSPS) is 10.3. The van der Waals surface area contributed by atoms with Gasteiger partial charge >= 0.3 is 0 Å². The van der Waals surface area contributed by atoms with Crippen LogP contribution in [0.5, 0.6) is 5.75 Å². The maximum Gasteiger partial charge on any atom is 0.223 e. The summed E-state index contributed by atoms with van der Waals surface area (Å²) in [5, 5.41) is 5.70. The van der Waals surface area contributed by atoms with Gasteiger partial charge in [0.25, 0.3) is 0 Å². The number of halogens is 1. The van der Waals surface area contributed by atoms with Gasteiger partial charge in [0.05, 0.1) is 13.0 Å². The van der Waals surface area contributed by atoms with Crippen molar-refractivity contribution in [2.24, 2.45) is 0 Å². The highest BCUT2D eigenvalue weighted by molar-refractivity contribution is 5.75. The molecule has 1 rings (SSSR count). The Labute approximate surface area is 113 Å². The number of rotatable bonds is 8. The second-order valence-electron chi connectivity index (χ2n) is 4.18. The van der Waals surface area contributed by atoms with E-state index in [1.54, 1.807) is 13.1 Å². The molecule has 0 bridgehead atoms. The summed E-state index contributed by atoms with van der Waals surface area (Å²) in [5.74, 6) is -0.287. The summed E-state index contributed by atoms with van der Waals surface area (Å²) in [4.78, 5) is 11.1. The summed E-state index contributed by atoms with van der Waals surface area (Å²) in [6.45, 7) is 3.66. The SMILES string of the molecule is CCCNCc1cccc(F)c1OCCC(=O)NC. The molecule has 4 nitrogen and oxygen atoms in total. The van der Waals surface area contributed by atoms with Gasteiger partial charge < -0.3 is 15.4 Å². The first kappa shape index (κ1) is 15.4. The van der Waals surface area contributed by atoms with Crippen molar-refractivity contribution in [1.82, 2.24) is 10.6 Å². The molecule has 0 saturated heterocycles. The van der Waals surface area contributed by atoms with E-state index < -0.39 is 5.82 Å². The van der Waals surface area contributed by atoms with E-state index >= 15 is 0 Å². The highest BCUT2D eigenvalue weighted by Crippen LogP contribution is 2.22. The average Bonchev–Trinajstić information content (AvgIpc) is 2.41. The Kier molecular flexibility index (Phi) is 6.89. The fraction of sp³-hybridized carbons (Fsp3) is 0.500. The Bertz CT molecular complexity index is 410. The van der Waals surface area contributed by atoms with Crippen molar-refractivity contribution in [3.05, 3.63) is 29.6 Å². The summed E-state index contributed by atoms with van der Waals surface area (Å²) in [6, 6.07) is 4.84. The van der Waals surface area contributed by atoms with Gasteiger partial charge in [0.2, 0.25) is 5.91 Å². The molecule has 0 aliphatic rings. The highest BCUT2D eigenvalue weighted by Gasteiger charge is 2.10. The molecule has 1 aromatic rings. The fourth-order valence-electron chi connectivity index (χ4n) is 1.62. The van der Waals surface area contributed by atoms with Gasteiger partial charge in [-0.2, -0.15) is 0 Å². The van der Waals surface area contributed by atoms with Crippen LogP contribution in [-0.4, -0.2) is 26.1 Å². The first-order valence-corrected chi connectivity index (χ1v) is 6.50. The van der Waals surface area contributed by atoms with Crippen LogP contribution in [0.15, 0.2) is 18.2 Å². The lowest BCUT2D eigenvalue weighted by atomic mass is 10.2. The Morgan fingerprint density at radius 1 is 1.42 bits per heavy atom. The molecular weight excluding hydrogens is 247 g/mol. The van der Waals surface area contributed by atoms with Gasteiger partial charge in [-0.05, 0) is 19.0 Å². The molecular formula is C14H21FN2O2. The van der Waals surface area contributed by atoms with Crippen LogP contribution in [0.1, 0.15) is 25.3 Å². The zero-order valence-electron chi connectivity index (χ0n) is 11.5. The third-order valence-electron chi connectivity index (χ3n) is 2.65. The Hall–Kier alpha value is -1.62. The molecule has 0 radical (unpaired) electrons. The van der Waals surface area contributed by atoms with Gasteiger partial charge in [-0.25, -0.2) is 4.39 Å². The fourth-order valence-corrected chi connectivity index (χ4v) is 1.62. The molecule has 0 atom stereocenters. The first-order valence-electron chi connectivity index (χ1n) is 6.50. The lowest BCUT2D eigenvalue weighted by Gasteiger charge is -2.12. The molecule has 0 fully saturated rings. The van der Waals surface area contributed by atoms with Crippen LogP contribution in [0.2, 0.25) is 0 Å². The minimum absolute atomic E-state index is 0.123. The smallest absolute Gasteiger partial charge is 0.223 e. The molecule has 2 N–H and O–H groups in total. The maximum absolute atomic E-state index is 13.7. The monoisotopic (exact) mass is 268 g/mol. The van der Waals surface area contributed by atoms with Crippen molar-refractivity contribution in [3.63, 3.8) is 0 Å². The molecule has 19 heavy (non-hydrogen) atoms. The van der Waals surface area contributed by atoms with Crippen molar-refractivity contribution in [2.45, 2.75) is 26.3 Å². The van der Waals surface area contributed by atoms with Crippen molar-refractivity contribution < 1.29 is 13.9 Å². The van der Waals surface area contributed by atoms with Crippen LogP contribution in [0.3, 0.4) is 0 Å². The lowest BCUT2D eigenvalue weighted by molar-refractivity contribution is -0.121. The lowest BCUT2D eigenvalue weighted by Crippen LogP contribution is -2.21. The van der Waals surface area contributed by atoms with Crippen molar-refractivity contribution >= 4 is 5.91 Å². The summed E-state index contributed by atoms with van der Waals surface area (Å²) in [7, 11) is 1.56. The first-order chi connectivity index (χ1) is 9.19. The number of nitrogens with one attached hydrogen (secondary N) is 2. The Morgan fingerprint density at radius 3 is 2.89 bits per heavy atom. The van der Waals surface area contributed by atoms with Crippen LogP contribution >= 0.6 is 0 Å². The molecule has 1 aromatic carbocycles. The standard InChI is InChI=1S/C14H21FN2O2/c1-3-8-17-10-11-5-4-6-12(15)14(11)19-9-7-13(18)16-2/h4-6,17H,3,7-10H2,1-2H3,(H,16,18). The van der Waals surface area contributed by atoms with Gasteiger partial charge in [-0.3, -0.25) is 4.79 Å². The minimum Gasteiger partial charge on any atom is -0.490 e. The zero-order chi connectivity index (χ0) is 14.1. The molecule has 0 aliphatic carbocycles. The second kappa shape index (κ2) is 8.48. The van der Waals surface area contributed by atoms with E-state index in [0.29, 0.717) is 6.54 Å². The number of hydrogen-bond donors (Lipinski definition) is 2. The van der Waals surface area contributed by atoms with E-state index in [-0.39, 0.29) is 24.7 Å². The van der Waals surface area contributed by atoms with Gasteiger partial charge in [0.1, 0.15) is 0 Å². The molecule has 106 valence electrons. The van der Waals surface area contributed by atoms with Crippen molar-refractivity contribution in [3.8, 4) is 5.75 Å². The Morgan fingerprint density at radius 2 is 2.21 bits per heavy atom. The number of ether oxygens (including phenoxy) is 1. The van der Waals surface area contributed by atoms with Crippen molar-refractivity contribution in [1.29, 1.82) is 0 Å². The van der Waals surface area contributed by atoms with E-state index in [1.165, 1.54) is 6.07 Å². The third-order valence-corrected chi connectivity index (χ3v) is 2.65. The predicted octanol–water partition coefficient (Wildman–Crippen LogP) is 1.84. The largest absolute Gasteiger partial charge is 0.490 e. The topological polar surface area (TPSA) is 50.4 Å². The Balaban J connectivity index is 2.61. The van der Waals surface area contributed by atoms with Crippen LogP contribution in [0, 0.1) is 5.82 Å². The second-order valence-corrected chi connectivity index (χ2v) is 4.18. The third kappa shape index (κ3) is 5.26. The van der Waals surface area contributed by atoms with E-state index in [9.17, 15) is 9.18 Å². The van der Waals surface area contributed by atoms with Gasteiger partial charge in [-0.1, -0.05) is 19.1 Å². The molecule has 0 spiro atoms. The number of para-hydroxylation sites is 1. The molecule has 0 saturated carbocycles. The number of carbonyl (C=O) groups excluding carboxylic acids is 1.